The van der Waals surface area contributed by atoms with Crippen LogP contribution in [0.5, 0.6) is 0 Å². The first-order valence-corrected chi connectivity index (χ1v) is 11.0. The van der Waals surface area contributed by atoms with Gasteiger partial charge in [0.05, 0.1) is 0 Å². The highest BCUT2D eigenvalue weighted by Crippen LogP contribution is 2.45. The average Bonchev–Trinajstić information content (AvgIpc) is 2.63. The fourth-order valence-corrected chi connectivity index (χ4v) is 5.66. The summed E-state index contributed by atoms with van der Waals surface area (Å²) in [6.45, 7) is 12.2. The number of fused-ring (bicyclic) bond motifs is 3. The minimum absolute atomic E-state index is 0.0509. The molecule has 8 heteroatoms. The van der Waals surface area contributed by atoms with Crippen molar-refractivity contribution in [1.82, 2.24) is 14.7 Å². The normalized spacial score (nSPS) is 30.3. The predicted molar refractivity (Wildman–Crippen MR) is 110 cm³/mol. The molecule has 5 fully saturated rings. The van der Waals surface area contributed by atoms with E-state index < -0.39 is 17.7 Å². The predicted octanol–water partition coefficient (Wildman–Crippen LogP) is 2.93. The molecule has 3 amide bonds. The van der Waals surface area contributed by atoms with Crippen molar-refractivity contribution in [3.63, 3.8) is 0 Å². The van der Waals surface area contributed by atoms with Crippen LogP contribution in [-0.4, -0.2) is 81.8 Å². The van der Waals surface area contributed by atoms with Crippen LogP contribution < -0.4 is 0 Å². The molecular weight excluding hydrogens is 386 g/mol. The van der Waals surface area contributed by atoms with Crippen molar-refractivity contribution >= 4 is 18.1 Å². The number of carboxylic acid groups (broad SMARTS) is 1. The van der Waals surface area contributed by atoms with Gasteiger partial charge in [-0.2, -0.15) is 0 Å². The van der Waals surface area contributed by atoms with E-state index in [-0.39, 0.29) is 29.4 Å². The Labute approximate surface area is 177 Å². The Kier molecular flexibility index (Phi) is 5.02. The van der Waals surface area contributed by atoms with E-state index in [4.69, 9.17) is 4.74 Å². The van der Waals surface area contributed by atoms with Gasteiger partial charge in [0.15, 0.2) is 0 Å². The maximum absolute atomic E-state index is 13.3. The molecule has 1 spiro atoms. The highest BCUT2D eigenvalue weighted by Gasteiger charge is 2.53. The standard InChI is InChI=1S/C22H33N3O5/c1-14-11-15-5-6-16(14)17(25(15)19(27)28)18(26)23-9-7-22(8-10-23)12-24(13-22)20(29)30-21(2,3)4/h15-17H,1,5-13H2,2-4H3,(H,27,28)/t15-,16+,17-/m0/s1. The van der Waals surface area contributed by atoms with Gasteiger partial charge < -0.3 is 19.6 Å². The number of amides is 3. The number of carbonyl (C=O) groups is 3. The Morgan fingerprint density at radius 2 is 1.73 bits per heavy atom. The van der Waals surface area contributed by atoms with E-state index in [1.807, 2.05) is 25.7 Å². The fourth-order valence-electron chi connectivity index (χ4n) is 5.66. The molecular formula is C22H33N3O5. The fraction of sp³-hybridized carbons (Fsp3) is 0.773. The molecule has 1 saturated carbocycles. The Morgan fingerprint density at radius 1 is 1.10 bits per heavy atom. The molecule has 5 rings (SSSR count). The Hall–Kier alpha value is -2.25. The van der Waals surface area contributed by atoms with Gasteiger partial charge in [0.25, 0.3) is 0 Å². The van der Waals surface area contributed by atoms with Crippen LogP contribution in [0.2, 0.25) is 0 Å². The Morgan fingerprint density at radius 3 is 2.27 bits per heavy atom. The maximum Gasteiger partial charge on any atom is 0.410 e. The highest BCUT2D eigenvalue weighted by atomic mass is 16.6. The lowest BCUT2D eigenvalue weighted by Gasteiger charge is -2.55. The summed E-state index contributed by atoms with van der Waals surface area (Å²) in [5, 5.41) is 9.73. The molecule has 8 nitrogen and oxygen atoms in total. The van der Waals surface area contributed by atoms with Crippen LogP contribution >= 0.6 is 0 Å². The van der Waals surface area contributed by atoms with Crippen LogP contribution in [0.15, 0.2) is 12.2 Å². The van der Waals surface area contributed by atoms with Gasteiger partial charge in [-0.3, -0.25) is 9.69 Å². The molecule has 5 aliphatic rings. The van der Waals surface area contributed by atoms with Crippen molar-refractivity contribution in [3.05, 3.63) is 12.2 Å². The molecule has 1 aliphatic carbocycles. The molecule has 4 heterocycles. The summed E-state index contributed by atoms with van der Waals surface area (Å²) in [7, 11) is 0. The van der Waals surface area contributed by atoms with Gasteiger partial charge in [-0.25, -0.2) is 9.59 Å². The third-order valence-corrected chi connectivity index (χ3v) is 7.22. The minimum atomic E-state index is -1.00. The summed E-state index contributed by atoms with van der Waals surface area (Å²) in [4.78, 5) is 42.4. The molecule has 0 radical (unpaired) electrons. The van der Waals surface area contributed by atoms with Crippen molar-refractivity contribution in [1.29, 1.82) is 0 Å². The molecule has 4 aliphatic heterocycles. The zero-order chi connectivity index (χ0) is 21.8. The molecule has 1 N–H and O–H groups in total. The summed E-state index contributed by atoms with van der Waals surface area (Å²) >= 11 is 0. The van der Waals surface area contributed by atoms with Gasteiger partial charge in [0, 0.05) is 43.6 Å². The Balaban J connectivity index is 1.36. The van der Waals surface area contributed by atoms with Crippen molar-refractivity contribution in [2.45, 2.75) is 70.6 Å². The lowest BCUT2D eigenvalue weighted by atomic mass is 9.70. The first-order chi connectivity index (χ1) is 14.0. The van der Waals surface area contributed by atoms with Crippen molar-refractivity contribution in [2.24, 2.45) is 11.3 Å². The number of likely N-dealkylation sites (tertiary alicyclic amines) is 2. The second kappa shape index (κ2) is 7.17. The zero-order valence-corrected chi connectivity index (χ0v) is 18.2. The number of nitrogens with zero attached hydrogens (tertiary/aromatic N) is 3. The van der Waals surface area contributed by atoms with Gasteiger partial charge >= 0.3 is 12.2 Å². The van der Waals surface area contributed by atoms with E-state index in [1.54, 1.807) is 4.90 Å². The number of hydrogen-bond donors (Lipinski definition) is 1. The third kappa shape index (κ3) is 3.65. The van der Waals surface area contributed by atoms with Crippen molar-refractivity contribution in [2.75, 3.05) is 26.2 Å². The van der Waals surface area contributed by atoms with Gasteiger partial charge in [0.1, 0.15) is 11.6 Å². The lowest BCUT2D eigenvalue weighted by molar-refractivity contribution is -0.146. The quantitative estimate of drug-likeness (QED) is 0.660. The molecule has 4 saturated heterocycles. The SMILES string of the molecule is C=C1C[C@@H]2CC[C@H]1[C@@H](C(=O)N1CCC3(CC1)CN(C(=O)OC(C)(C)C)C3)N2C(=O)O. The smallest absolute Gasteiger partial charge is 0.410 e. The van der Waals surface area contributed by atoms with Gasteiger partial charge in [-0.05, 0) is 52.9 Å². The van der Waals surface area contributed by atoms with Crippen LogP contribution in [0.25, 0.3) is 0 Å². The molecule has 3 atom stereocenters. The van der Waals surface area contributed by atoms with E-state index in [0.29, 0.717) is 32.6 Å². The second-order valence-corrected chi connectivity index (χ2v) is 10.5. The van der Waals surface area contributed by atoms with E-state index in [2.05, 4.69) is 6.58 Å². The van der Waals surface area contributed by atoms with E-state index in [1.165, 1.54) is 4.90 Å². The molecule has 0 aromatic carbocycles. The maximum atomic E-state index is 13.3. The summed E-state index contributed by atoms with van der Waals surface area (Å²) in [6.07, 6.45) is 2.69. The summed E-state index contributed by atoms with van der Waals surface area (Å²) in [5.41, 5.74) is 0.562. The van der Waals surface area contributed by atoms with Gasteiger partial charge in [-0.15, -0.1) is 0 Å². The van der Waals surface area contributed by atoms with Crippen molar-refractivity contribution in [3.8, 4) is 0 Å². The van der Waals surface area contributed by atoms with Crippen molar-refractivity contribution < 1.29 is 24.2 Å². The molecule has 30 heavy (non-hydrogen) atoms. The zero-order valence-electron chi connectivity index (χ0n) is 18.2. The largest absolute Gasteiger partial charge is 0.465 e. The number of hydrogen-bond acceptors (Lipinski definition) is 4. The monoisotopic (exact) mass is 419 g/mol. The third-order valence-electron chi connectivity index (χ3n) is 7.22. The second-order valence-electron chi connectivity index (χ2n) is 10.5. The summed E-state index contributed by atoms with van der Waals surface area (Å²) < 4.78 is 5.44. The molecule has 0 aromatic heterocycles. The lowest BCUT2D eigenvalue weighted by Crippen LogP contribution is -2.66. The summed E-state index contributed by atoms with van der Waals surface area (Å²) in [6, 6.07) is -0.754. The number of rotatable bonds is 1. The highest BCUT2D eigenvalue weighted by molar-refractivity contribution is 5.87. The first-order valence-electron chi connectivity index (χ1n) is 11.0. The minimum Gasteiger partial charge on any atom is -0.465 e. The Bertz CT molecular complexity index is 757. The molecule has 0 unspecified atom stereocenters. The molecule has 2 bridgehead atoms. The molecule has 166 valence electrons. The van der Waals surface area contributed by atoms with Crippen LogP contribution in [0.3, 0.4) is 0 Å². The number of piperidine rings is 3. The average molecular weight is 420 g/mol. The first kappa shape index (κ1) is 21.0. The number of ether oxygens (including phenoxy) is 1. The summed E-state index contributed by atoms with van der Waals surface area (Å²) in [5.74, 6) is -0.146. The van der Waals surface area contributed by atoms with Crippen LogP contribution in [0.1, 0.15) is 52.9 Å². The van der Waals surface area contributed by atoms with E-state index in [9.17, 15) is 19.5 Å². The van der Waals surface area contributed by atoms with E-state index >= 15 is 0 Å². The van der Waals surface area contributed by atoms with Crippen LogP contribution in [-0.2, 0) is 9.53 Å². The number of carbonyl (C=O) groups excluding carboxylic acids is 2. The van der Waals surface area contributed by atoms with E-state index in [0.717, 1.165) is 31.3 Å². The van der Waals surface area contributed by atoms with Gasteiger partial charge in [-0.1, -0.05) is 12.2 Å². The van der Waals surface area contributed by atoms with Crippen LogP contribution in [0, 0.1) is 11.3 Å². The van der Waals surface area contributed by atoms with Crippen LogP contribution in [0.4, 0.5) is 9.59 Å². The molecule has 0 aromatic rings. The van der Waals surface area contributed by atoms with Gasteiger partial charge in [0.2, 0.25) is 5.91 Å². The topological polar surface area (TPSA) is 90.4 Å².